The van der Waals surface area contributed by atoms with E-state index in [2.05, 4.69) is 11.7 Å². The van der Waals surface area contributed by atoms with E-state index in [1.165, 1.54) is 7.11 Å². The summed E-state index contributed by atoms with van der Waals surface area (Å²) >= 11 is 0. The van der Waals surface area contributed by atoms with E-state index in [9.17, 15) is 14.7 Å². The summed E-state index contributed by atoms with van der Waals surface area (Å²) in [6.07, 6.45) is 2.81. The third-order valence-electron chi connectivity index (χ3n) is 5.59. The van der Waals surface area contributed by atoms with Gasteiger partial charge in [-0.1, -0.05) is 37.3 Å². The van der Waals surface area contributed by atoms with Gasteiger partial charge in [-0.15, -0.1) is 0 Å². The lowest BCUT2D eigenvalue weighted by Gasteiger charge is -2.23. The number of hydrogen-bond acceptors (Lipinski definition) is 5. The molecule has 1 fully saturated rings. The lowest BCUT2D eigenvalue weighted by atomic mass is 9.86. The van der Waals surface area contributed by atoms with Gasteiger partial charge in [0.05, 0.1) is 26.4 Å². The molecule has 0 amide bonds. The van der Waals surface area contributed by atoms with Gasteiger partial charge in [0, 0.05) is 19.3 Å². The molecule has 0 bridgehead atoms. The highest BCUT2D eigenvalue weighted by atomic mass is 16.5. The van der Waals surface area contributed by atoms with Gasteiger partial charge in [-0.3, -0.25) is 9.59 Å². The Morgan fingerprint density at radius 1 is 1.11 bits per heavy atom. The number of carbonyl (C=O) groups is 2. The van der Waals surface area contributed by atoms with Crippen molar-refractivity contribution in [2.24, 2.45) is 17.8 Å². The largest absolute Gasteiger partial charge is 0.469 e. The summed E-state index contributed by atoms with van der Waals surface area (Å²) in [5, 5.41) is 10.4. The highest BCUT2D eigenvalue weighted by Gasteiger charge is 2.40. The SMILES string of the molecule is COC(=O)CCCCC(=O)CC1C(O)CC(C)C1COCc1ccccc1. The standard InChI is InChI=1S/C22H32O5/c1-16-12-21(24)19(13-18(23)10-6-7-11-22(25)26-2)20(16)15-27-14-17-8-4-3-5-9-17/h3-5,8-9,16,19-21,24H,6-7,10-15H2,1-2H3. The number of carbonyl (C=O) groups excluding carboxylic acids is 2. The monoisotopic (exact) mass is 376 g/mol. The fraction of sp³-hybridized carbons (Fsp3) is 0.636. The summed E-state index contributed by atoms with van der Waals surface area (Å²) in [6, 6.07) is 10.0. The van der Waals surface area contributed by atoms with Crippen molar-refractivity contribution >= 4 is 11.8 Å². The maximum absolute atomic E-state index is 12.3. The normalized spacial score (nSPS) is 24.7. The van der Waals surface area contributed by atoms with E-state index in [-0.39, 0.29) is 23.6 Å². The number of rotatable bonds is 11. The predicted molar refractivity (Wildman–Crippen MR) is 103 cm³/mol. The highest BCUT2D eigenvalue weighted by Crippen LogP contribution is 2.39. The van der Waals surface area contributed by atoms with E-state index >= 15 is 0 Å². The highest BCUT2D eigenvalue weighted by molar-refractivity contribution is 5.78. The maximum Gasteiger partial charge on any atom is 0.305 e. The molecule has 1 N–H and O–H groups in total. The van der Waals surface area contributed by atoms with Crippen molar-refractivity contribution < 1.29 is 24.2 Å². The van der Waals surface area contributed by atoms with Gasteiger partial charge in [-0.05, 0) is 42.6 Å². The number of esters is 1. The second kappa shape index (κ2) is 11.2. The fourth-order valence-corrected chi connectivity index (χ4v) is 3.96. The van der Waals surface area contributed by atoms with Crippen molar-refractivity contribution in [3.05, 3.63) is 35.9 Å². The summed E-state index contributed by atoms with van der Waals surface area (Å²) in [5.74, 6) is 0.420. The van der Waals surface area contributed by atoms with Gasteiger partial charge in [0.15, 0.2) is 0 Å². The van der Waals surface area contributed by atoms with Gasteiger partial charge in [-0.25, -0.2) is 0 Å². The minimum absolute atomic E-state index is 0.0381. The Bertz CT molecular complexity index is 586. The number of ether oxygens (including phenoxy) is 2. The van der Waals surface area contributed by atoms with Gasteiger partial charge in [0.25, 0.3) is 0 Å². The molecule has 1 aromatic carbocycles. The number of benzene rings is 1. The third kappa shape index (κ3) is 7.07. The first-order valence-electron chi connectivity index (χ1n) is 9.89. The first-order chi connectivity index (χ1) is 13.0. The maximum atomic E-state index is 12.3. The number of ketones is 1. The van der Waals surface area contributed by atoms with E-state index in [0.717, 1.165) is 12.0 Å². The molecule has 1 aliphatic rings. The van der Waals surface area contributed by atoms with Crippen LogP contribution in [0.2, 0.25) is 0 Å². The molecule has 4 atom stereocenters. The van der Waals surface area contributed by atoms with Crippen LogP contribution in [0.3, 0.4) is 0 Å². The molecule has 1 aromatic rings. The minimum atomic E-state index is -0.440. The van der Waals surface area contributed by atoms with Crippen LogP contribution in [0.4, 0.5) is 0 Å². The zero-order valence-electron chi connectivity index (χ0n) is 16.4. The van der Waals surface area contributed by atoms with Crippen LogP contribution < -0.4 is 0 Å². The second-order valence-electron chi connectivity index (χ2n) is 7.63. The van der Waals surface area contributed by atoms with Crippen molar-refractivity contribution in [3.8, 4) is 0 Å². The van der Waals surface area contributed by atoms with Crippen LogP contribution >= 0.6 is 0 Å². The average Bonchev–Trinajstić information content (AvgIpc) is 2.92. The molecular formula is C22H32O5. The minimum Gasteiger partial charge on any atom is -0.469 e. The van der Waals surface area contributed by atoms with Crippen LogP contribution in [-0.2, 0) is 25.7 Å². The molecule has 1 saturated carbocycles. The van der Waals surface area contributed by atoms with Crippen molar-refractivity contribution in [2.45, 2.75) is 58.2 Å². The molecule has 27 heavy (non-hydrogen) atoms. The van der Waals surface area contributed by atoms with Crippen LogP contribution in [-0.4, -0.2) is 36.7 Å². The molecular weight excluding hydrogens is 344 g/mol. The van der Waals surface area contributed by atoms with Crippen LogP contribution in [0.25, 0.3) is 0 Å². The Hall–Kier alpha value is -1.72. The summed E-state index contributed by atoms with van der Waals surface area (Å²) in [7, 11) is 1.37. The van der Waals surface area contributed by atoms with Crippen LogP contribution in [0.5, 0.6) is 0 Å². The molecule has 0 aromatic heterocycles. The number of Topliss-reactive ketones (excluding diaryl/α,β-unsaturated/α-hetero) is 1. The zero-order chi connectivity index (χ0) is 19.6. The lowest BCUT2D eigenvalue weighted by molar-refractivity contribution is -0.140. The Balaban J connectivity index is 1.76. The summed E-state index contributed by atoms with van der Waals surface area (Å²) < 4.78 is 10.5. The van der Waals surface area contributed by atoms with Crippen molar-refractivity contribution in [3.63, 3.8) is 0 Å². The number of aliphatic hydroxyl groups excluding tert-OH is 1. The Kier molecular flexibility index (Phi) is 8.95. The number of methoxy groups -OCH3 is 1. The van der Waals surface area contributed by atoms with Crippen molar-refractivity contribution in [2.75, 3.05) is 13.7 Å². The van der Waals surface area contributed by atoms with Gasteiger partial charge in [0.2, 0.25) is 0 Å². The van der Waals surface area contributed by atoms with E-state index in [1.54, 1.807) is 0 Å². The van der Waals surface area contributed by atoms with Crippen molar-refractivity contribution in [1.82, 2.24) is 0 Å². The fourth-order valence-electron chi connectivity index (χ4n) is 3.96. The number of unbranched alkanes of at least 4 members (excludes halogenated alkanes) is 1. The van der Waals surface area contributed by atoms with Gasteiger partial charge >= 0.3 is 5.97 Å². The first-order valence-corrected chi connectivity index (χ1v) is 9.89. The van der Waals surface area contributed by atoms with Crippen LogP contribution in [0, 0.1) is 17.8 Å². The Morgan fingerprint density at radius 2 is 1.81 bits per heavy atom. The second-order valence-corrected chi connectivity index (χ2v) is 7.63. The topological polar surface area (TPSA) is 72.8 Å². The molecule has 150 valence electrons. The number of aliphatic hydroxyl groups is 1. The number of hydrogen-bond donors (Lipinski definition) is 1. The molecule has 2 rings (SSSR count). The van der Waals surface area contributed by atoms with Crippen molar-refractivity contribution in [1.29, 1.82) is 0 Å². The van der Waals surface area contributed by atoms with E-state index in [4.69, 9.17) is 4.74 Å². The first kappa shape index (κ1) is 21.6. The summed E-state index contributed by atoms with van der Waals surface area (Å²) in [6.45, 7) is 3.24. The summed E-state index contributed by atoms with van der Waals surface area (Å²) in [4.78, 5) is 23.4. The van der Waals surface area contributed by atoms with E-state index in [1.807, 2.05) is 30.3 Å². The zero-order valence-corrected chi connectivity index (χ0v) is 16.4. The Morgan fingerprint density at radius 3 is 2.52 bits per heavy atom. The van der Waals surface area contributed by atoms with E-state index < -0.39 is 6.10 Å². The molecule has 0 aliphatic heterocycles. The van der Waals surface area contributed by atoms with Gasteiger partial charge in [0.1, 0.15) is 5.78 Å². The molecule has 0 heterocycles. The molecule has 0 spiro atoms. The predicted octanol–water partition coefficient (Wildman–Crippen LogP) is 3.53. The lowest BCUT2D eigenvalue weighted by Crippen LogP contribution is -2.26. The smallest absolute Gasteiger partial charge is 0.305 e. The van der Waals surface area contributed by atoms with Crippen LogP contribution in [0.15, 0.2) is 30.3 Å². The molecule has 0 saturated heterocycles. The molecule has 0 radical (unpaired) electrons. The third-order valence-corrected chi connectivity index (χ3v) is 5.59. The molecule has 5 heteroatoms. The molecule has 4 unspecified atom stereocenters. The Labute approximate surface area is 162 Å². The molecule has 1 aliphatic carbocycles. The van der Waals surface area contributed by atoms with Gasteiger partial charge < -0.3 is 14.6 Å². The van der Waals surface area contributed by atoms with Gasteiger partial charge in [-0.2, -0.15) is 0 Å². The average molecular weight is 376 g/mol. The van der Waals surface area contributed by atoms with Crippen LogP contribution in [0.1, 0.15) is 51.0 Å². The van der Waals surface area contributed by atoms with E-state index in [0.29, 0.717) is 51.2 Å². The quantitative estimate of drug-likeness (QED) is 0.472. The summed E-state index contributed by atoms with van der Waals surface area (Å²) in [5.41, 5.74) is 1.13. The molecule has 5 nitrogen and oxygen atoms in total.